The van der Waals surface area contributed by atoms with Gasteiger partial charge in [-0.25, -0.2) is 9.78 Å². The Morgan fingerprint density at radius 1 is 1.12 bits per heavy atom. The summed E-state index contributed by atoms with van der Waals surface area (Å²) in [5.41, 5.74) is -0.0595. The monoisotopic (exact) mass is 456 g/mol. The zero-order valence-electron chi connectivity index (χ0n) is 19.0. The largest absolute Gasteiger partial charge is 0.346 e. The first kappa shape index (κ1) is 22.7. The van der Waals surface area contributed by atoms with Crippen LogP contribution in [-0.4, -0.2) is 74.3 Å². The summed E-state index contributed by atoms with van der Waals surface area (Å²) >= 11 is 0. The van der Waals surface area contributed by atoms with Crippen molar-refractivity contribution in [1.82, 2.24) is 29.7 Å². The molecule has 176 valence electrons. The quantitative estimate of drug-likeness (QED) is 0.611. The fraction of sp³-hybridized carbons (Fsp3) is 0.545. The van der Waals surface area contributed by atoms with Gasteiger partial charge in [0.05, 0.1) is 10.9 Å². The van der Waals surface area contributed by atoms with Gasteiger partial charge in [-0.1, -0.05) is 0 Å². The van der Waals surface area contributed by atoms with Gasteiger partial charge in [0.15, 0.2) is 5.65 Å². The van der Waals surface area contributed by atoms with Crippen molar-refractivity contribution in [2.24, 2.45) is 0 Å². The second-order valence-corrected chi connectivity index (χ2v) is 8.78. The van der Waals surface area contributed by atoms with Crippen LogP contribution in [0.15, 0.2) is 15.7 Å². The molecule has 33 heavy (non-hydrogen) atoms. The molecule has 2 aliphatic rings. The molecular formula is C22H28N6O5. The Morgan fingerprint density at radius 3 is 2.33 bits per heavy atom. The molecule has 2 aromatic heterocycles. The third kappa shape index (κ3) is 4.39. The number of amides is 3. The van der Waals surface area contributed by atoms with E-state index in [1.807, 2.05) is 0 Å². The van der Waals surface area contributed by atoms with Crippen LogP contribution in [0.25, 0.3) is 11.0 Å². The van der Waals surface area contributed by atoms with Crippen molar-refractivity contribution in [1.29, 1.82) is 0 Å². The van der Waals surface area contributed by atoms with Crippen molar-refractivity contribution in [2.45, 2.75) is 52.1 Å². The molecule has 3 heterocycles. The number of hydrogen-bond donors (Lipinski definition) is 2. The Labute approximate surface area is 189 Å². The molecule has 0 spiro atoms. The molecule has 0 radical (unpaired) electrons. The van der Waals surface area contributed by atoms with E-state index in [9.17, 15) is 24.0 Å². The van der Waals surface area contributed by atoms with E-state index in [-0.39, 0.29) is 60.6 Å². The lowest BCUT2D eigenvalue weighted by atomic mass is 10.1. The number of hydrogen-bond acceptors (Lipinski definition) is 6. The molecule has 0 atom stereocenters. The summed E-state index contributed by atoms with van der Waals surface area (Å²) in [6.07, 6.45) is 1.90. The highest BCUT2D eigenvalue weighted by Crippen LogP contribution is 2.40. The summed E-state index contributed by atoms with van der Waals surface area (Å²) in [6, 6.07) is 1.51. The van der Waals surface area contributed by atoms with Crippen LogP contribution >= 0.6 is 0 Å². The summed E-state index contributed by atoms with van der Waals surface area (Å²) < 4.78 is 1.36. The lowest BCUT2D eigenvalue weighted by Gasteiger charge is -2.34. The van der Waals surface area contributed by atoms with Crippen LogP contribution in [0.3, 0.4) is 0 Å². The van der Waals surface area contributed by atoms with Gasteiger partial charge >= 0.3 is 17.5 Å². The van der Waals surface area contributed by atoms with Crippen molar-refractivity contribution in [2.75, 3.05) is 26.2 Å². The molecule has 0 bridgehead atoms. The normalized spacial score (nSPS) is 16.4. The van der Waals surface area contributed by atoms with Crippen LogP contribution < -0.4 is 16.6 Å². The second kappa shape index (κ2) is 8.80. The highest BCUT2D eigenvalue weighted by molar-refractivity contribution is 6.35. The molecule has 3 amide bonds. The van der Waals surface area contributed by atoms with E-state index in [4.69, 9.17) is 0 Å². The molecule has 2 aromatic rings. The number of nitrogens with one attached hydrogen (secondary N) is 2. The van der Waals surface area contributed by atoms with Crippen LogP contribution in [0.5, 0.6) is 0 Å². The third-order valence-electron chi connectivity index (χ3n) is 5.98. The highest BCUT2D eigenvalue weighted by Gasteiger charge is 2.32. The summed E-state index contributed by atoms with van der Waals surface area (Å²) in [7, 11) is 0. The molecule has 11 heteroatoms. The number of H-pyrrole nitrogens is 1. The summed E-state index contributed by atoms with van der Waals surface area (Å²) in [5, 5.41) is 2.68. The number of rotatable bonds is 4. The number of nitrogens with zero attached hydrogens (tertiary/aromatic N) is 4. The van der Waals surface area contributed by atoms with Gasteiger partial charge in [0, 0.05) is 50.4 Å². The molecule has 1 saturated heterocycles. The first-order valence-corrected chi connectivity index (χ1v) is 11.3. The van der Waals surface area contributed by atoms with Crippen LogP contribution in [0, 0.1) is 0 Å². The molecule has 1 aliphatic heterocycles. The Bertz CT molecular complexity index is 1230. The molecule has 2 fully saturated rings. The Balaban J connectivity index is 1.63. The summed E-state index contributed by atoms with van der Waals surface area (Å²) in [5.74, 6) is -1.42. The molecule has 1 aliphatic carbocycles. The molecule has 0 unspecified atom stereocenters. The third-order valence-corrected chi connectivity index (χ3v) is 5.98. The minimum Gasteiger partial charge on any atom is -0.346 e. The van der Waals surface area contributed by atoms with E-state index in [1.165, 1.54) is 9.47 Å². The first-order chi connectivity index (χ1) is 15.7. The van der Waals surface area contributed by atoms with Gasteiger partial charge in [-0.3, -0.25) is 28.7 Å². The number of aryl methyl sites for hydroxylation is 1. The van der Waals surface area contributed by atoms with Gasteiger partial charge < -0.3 is 15.1 Å². The van der Waals surface area contributed by atoms with E-state index in [1.54, 1.807) is 31.7 Å². The maximum atomic E-state index is 13.5. The van der Waals surface area contributed by atoms with Gasteiger partial charge in [0.2, 0.25) is 0 Å². The fourth-order valence-corrected chi connectivity index (χ4v) is 4.09. The van der Waals surface area contributed by atoms with Gasteiger partial charge in [-0.05, 0) is 39.7 Å². The van der Waals surface area contributed by atoms with Gasteiger partial charge in [0.1, 0.15) is 0 Å². The maximum Gasteiger partial charge on any atom is 0.329 e. The average molecular weight is 457 g/mol. The van der Waals surface area contributed by atoms with Crippen LogP contribution in [0.2, 0.25) is 0 Å². The smallest absolute Gasteiger partial charge is 0.329 e. The number of fused-ring (bicyclic) bond motifs is 1. The van der Waals surface area contributed by atoms with Crippen LogP contribution in [0.4, 0.5) is 0 Å². The second-order valence-electron chi connectivity index (χ2n) is 8.78. The van der Waals surface area contributed by atoms with Crippen molar-refractivity contribution < 1.29 is 14.4 Å². The number of carbonyl (C=O) groups is 3. The Hall–Kier alpha value is -3.50. The zero-order chi connectivity index (χ0) is 23.9. The molecule has 2 N–H and O–H groups in total. The predicted octanol–water partition coefficient (Wildman–Crippen LogP) is -0.209. The standard InChI is InChI=1S/C22H28N6O5/c1-4-28-17-16(18(29)25-22(28)33)14(11-15(24-17)13-5-6-13)20(31)26-7-9-27(10-8-26)21(32)19(30)23-12(2)3/h11-13H,4-10H2,1-3H3,(H,23,30)(H,25,29,33). The van der Waals surface area contributed by atoms with Crippen molar-refractivity contribution >= 4 is 28.8 Å². The van der Waals surface area contributed by atoms with E-state index in [0.29, 0.717) is 12.2 Å². The van der Waals surface area contributed by atoms with Gasteiger partial charge in [-0.2, -0.15) is 0 Å². The van der Waals surface area contributed by atoms with Gasteiger partial charge in [0.25, 0.3) is 11.5 Å². The average Bonchev–Trinajstić information content (AvgIpc) is 3.62. The molecular weight excluding hydrogens is 428 g/mol. The minimum atomic E-state index is -0.664. The zero-order valence-corrected chi connectivity index (χ0v) is 19.0. The fourth-order valence-electron chi connectivity index (χ4n) is 4.09. The first-order valence-electron chi connectivity index (χ1n) is 11.3. The lowest BCUT2D eigenvalue weighted by molar-refractivity contribution is -0.147. The molecule has 11 nitrogen and oxygen atoms in total. The van der Waals surface area contributed by atoms with Crippen LogP contribution in [-0.2, 0) is 16.1 Å². The number of piperazine rings is 1. The summed E-state index contributed by atoms with van der Waals surface area (Å²) in [4.78, 5) is 72.7. The molecule has 1 saturated carbocycles. The van der Waals surface area contributed by atoms with Gasteiger partial charge in [-0.15, -0.1) is 0 Å². The topological polar surface area (TPSA) is 137 Å². The molecule has 4 rings (SSSR count). The number of carbonyl (C=O) groups excluding carboxylic acids is 3. The van der Waals surface area contributed by atoms with Crippen molar-refractivity contribution in [3.8, 4) is 0 Å². The number of aromatic nitrogens is 3. The van der Waals surface area contributed by atoms with E-state index in [0.717, 1.165) is 12.8 Å². The number of aromatic amines is 1. The maximum absolute atomic E-state index is 13.5. The lowest BCUT2D eigenvalue weighted by Crippen LogP contribution is -2.54. The predicted molar refractivity (Wildman–Crippen MR) is 120 cm³/mol. The van der Waals surface area contributed by atoms with Crippen molar-refractivity contribution in [3.63, 3.8) is 0 Å². The molecule has 0 aromatic carbocycles. The highest BCUT2D eigenvalue weighted by atomic mass is 16.2. The summed E-state index contributed by atoms with van der Waals surface area (Å²) in [6.45, 7) is 6.51. The van der Waals surface area contributed by atoms with Crippen LogP contribution in [0.1, 0.15) is 55.6 Å². The van der Waals surface area contributed by atoms with E-state index in [2.05, 4.69) is 15.3 Å². The number of pyridine rings is 1. The minimum absolute atomic E-state index is 0.0978. The SMILES string of the molecule is CCn1c(=O)[nH]c(=O)c2c(C(=O)N3CCN(C(=O)C(=O)NC(C)C)CC3)cc(C3CC3)nc21. The van der Waals surface area contributed by atoms with E-state index < -0.39 is 23.1 Å². The Kier molecular flexibility index (Phi) is 6.05. The van der Waals surface area contributed by atoms with E-state index >= 15 is 0 Å². The Morgan fingerprint density at radius 2 is 1.76 bits per heavy atom. The van der Waals surface area contributed by atoms with Crippen molar-refractivity contribution in [3.05, 3.63) is 38.2 Å².